The van der Waals surface area contributed by atoms with Gasteiger partial charge in [-0.1, -0.05) is 29.3 Å². The molecule has 0 aliphatic carbocycles. The molecule has 0 fully saturated rings. The first-order valence-electron chi connectivity index (χ1n) is 5.61. The van der Waals surface area contributed by atoms with Crippen LogP contribution in [0.15, 0.2) is 18.2 Å². The van der Waals surface area contributed by atoms with Crippen LogP contribution in [0.3, 0.4) is 0 Å². The van der Waals surface area contributed by atoms with E-state index in [1.807, 2.05) is 18.5 Å². The van der Waals surface area contributed by atoms with E-state index in [-0.39, 0.29) is 0 Å². The van der Waals surface area contributed by atoms with E-state index in [2.05, 4.69) is 10.2 Å². The van der Waals surface area contributed by atoms with Gasteiger partial charge in [-0.3, -0.25) is 4.21 Å². The summed E-state index contributed by atoms with van der Waals surface area (Å²) >= 11 is 12.1. The maximum Gasteiger partial charge on any atom is 0.145 e. The van der Waals surface area contributed by atoms with Crippen molar-refractivity contribution in [1.29, 1.82) is 0 Å². The molecule has 1 aromatic carbocycles. The average Bonchev–Trinajstić information content (AvgIpc) is 2.66. The second-order valence-electron chi connectivity index (χ2n) is 4.15. The van der Waals surface area contributed by atoms with Crippen LogP contribution in [0.25, 0.3) is 0 Å². The first-order chi connectivity index (χ1) is 8.99. The summed E-state index contributed by atoms with van der Waals surface area (Å²) in [6.45, 7) is 1.85. The fourth-order valence-corrected chi connectivity index (χ4v) is 3.57. The van der Waals surface area contributed by atoms with Crippen LogP contribution in [0.1, 0.15) is 17.2 Å². The zero-order valence-corrected chi connectivity index (χ0v) is 12.9. The molecule has 0 saturated heterocycles. The van der Waals surface area contributed by atoms with Crippen LogP contribution in [-0.4, -0.2) is 19.0 Å². The predicted octanol–water partition coefficient (Wildman–Crippen LogP) is 2.88. The first kappa shape index (κ1) is 14.5. The third-order valence-electron chi connectivity index (χ3n) is 2.84. The van der Waals surface area contributed by atoms with Crippen LogP contribution in [0, 0.1) is 6.92 Å². The van der Waals surface area contributed by atoms with Crippen molar-refractivity contribution >= 4 is 34.0 Å². The van der Waals surface area contributed by atoms with Crippen LogP contribution in [0.2, 0.25) is 10.0 Å². The summed E-state index contributed by atoms with van der Waals surface area (Å²) in [5, 5.41) is 9.01. The van der Waals surface area contributed by atoms with Crippen molar-refractivity contribution in [1.82, 2.24) is 14.8 Å². The molecule has 1 atom stereocenters. The van der Waals surface area contributed by atoms with Gasteiger partial charge < -0.3 is 4.57 Å². The van der Waals surface area contributed by atoms with E-state index < -0.39 is 10.8 Å². The van der Waals surface area contributed by atoms with Crippen molar-refractivity contribution in [2.24, 2.45) is 7.05 Å². The number of aryl methyl sites for hydroxylation is 1. The standard InChI is InChI=1S/C12H13Cl2N3OS/c1-8-15-16-12(17(8)2)7-19(18)6-9-10(13)4-3-5-11(9)14/h3-5H,6-7H2,1-2H3/t19-/m1/s1. The van der Waals surface area contributed by atoms with Crippen molar-refractivity contribution in [3.05, 3.63) is 45.5 Å². The molecule has 0 aliphatic rings. The van der Waals surface area contributed by atoms with Gasteiger partial charge in [0.1, 0.15) is 11.6 Å². The number of hydrogen-bond acceptors (Lipinski definition) is 3. The second-order valence-corrected chi connectivity index (χ2v) is 6.42. The molecule has 0 amide bonds. The van der Waals surface area contributed by atoms with Crippen LogP contribution in [0.4, 0.5) is 0 Å². The molecule has 0 N–H and O–H groups in total. The third kappa shape index (κ3) is 3.35. The van der Waals surface area contributed by atoms with Crippen molar-refractivity contribution in [2.75, 3.05) is 0 Å². The zero-order valence-electron chi connectivity index (χ0n) is 10.6. The SMILES string of the molecule is Cc1nnc(C[S@](=O)Cc2c(Cl)cccc2Cl)n1C. The lowest BCUT2D eigenvalue weighted by Crippen LogP contribution is -2.06. The number of hydrogen-bond donors (Lipinski definition) is 0. The minimum atomic E-state index is -1.13. The molecule has 1 heterocycles. The number of rotatable bonds is 4. The Kier molecular flexibility index (Phi) is 4.60. The Morgan fingerprint density at radius 2 is 1.84 bits per heavy atom. The van der Waals surface area contributed by atoms with E-state index in [4.69, 9.17) is 23.2 Å². The minimum Gasteiger partial charge on any atom is -0.318 e. The van der Waals surface area contributed by atoms with E-state index >= 15 is 0 Å². The number of aromatic nitrogens is 3. The summed E-state index contributed by atoms with van der Waals surface area (Å²) in [7, 11) is 0.720. The molecule has 0 radical (unpaired) electrons. The zero-order chi connectivity index (χ0) is 14.0. The maximum atomic E-state index is 12.2. The lowest BCUT2D eigenvalue weighted by molar-refractivity contribution is 0.678. The normalized spacial score (nSPS) is 12.6. The molecular formula is C12H13Cl2N3OS. The van der Waals surface area contributed by atoms with Gasteiger partial charge in [-0.15, -0.1) is 10.2 Å². The molecule has 19 heavy (non-hydrogen) atoms. The molecule has 102 valence electrons. The Balaban J connectivity index is 2.12. The molecule has 2 rings (SSSR count). The summed E-state index contributed by atoms with van der Waals surface area (Å²) < 4.78 is 14.0. The fourth-order valence-electron chi connectivity index (χ4n) is 1.60. The van der Waals surface area contributed by atoms with Gasteiger partial charge in [0.2, 0.25) is 0 Å². The fraction of sp³-hybridized carbons (Fsp3) is 0.333. The predicted molar refractivity (Wildman–Crippen MR) is 77.8 cm³/mol. The van der Waals surface area contributed by atoms with Crippen molar-refractivity contribution < 1.29 is 4.21 Å². The molecule has 2 aromatic rings. The molecule has 4 nitrogen and oxygen atoms in total. The topological polar surface area (TPSA) is 47.8 Å². The lowest BCUT2D eigenvalue weighted by atomic mass is 10.2. The van der Waals surface area contributed by atoms with E-state index in [1.54, 1.807) is 18.2 Å². The van der Waals surface area contributed by atoms with Crippen molar-refractivity contribution in [3.63, 3.8) is 0 Å². The van der Waals surface area contributed by atoms with Gasteiger partial charge in [0, 0.05) is 33.5 Å². The highest BCUT2D eigenvalue weighted by atomic mass is 35.5. The molecule has 0 aliphatic heterocycles. The van der Waals surface area contributed by atoms with Crippen molar-refractivity contribution in [2.45, 2.75) is 18.4 Å². The van der Waals surface area contributed by atoms with E-state index in [0.717, 1.165) is 5.82 Å². The second kappa shape index (κ2) is 6.03. The van der Waals surface area contributed by atoms with E-state index in [9.17, 15) is 4.21 Å². The number of benzene rings is 1. The van der Waals surface area contributed by atoms with Gasteiger partial charge >= 0.3 is 0 Å². The van der Waals surface area contributed by atoms with E-state index in [0.29, 0.717) is 32.9 Å². The Morgan fingerprint density at radius 1 is 1.21 bits per heavy atom. The minimum absolute atomic E-state index is 0.310. The smallest absolute Gasteiger partial charge is 0.145 e. The highest BCUT2D eigenvalue weighted by Gasteiger charge is 2.13. The van der Waals surface area contributed by atoms with Gasteiger partial charge in [-0.05, 0) is 19.1 Å². The summed E-state index contributed by atoms with van der Waals surface area (Å²) in [4.78, 5) is 0. The van der Waals surface area contributed by atoms with Crippen LogP contribution < -0.4 is 0 Å². The Bertz CT molecular complexity index is 607. The quantitative estimate of drug-likeness (QED) is 0.871. The van der Waals surface area contributed by atoms with Gasteiger partial charge in [-0.25, -0.2) is 0 Å². The molecule has 7 heteroatoms. The molecule has 0 bridgehead atoms. The van der Waals surface area contributed by atoms with Crippen LogP contribution in [-0.2, 0) is 29.4 Å². The van der Waals surface area contributed by atoms with Gasteiger partial charge in [0.25, 0.3) is 0 Å². The molecule has 0 unspecified atom stereocenters. The summed E-state index contributed by atoms with van der Waals surface area (Å²) in [6.07, 6.45) is 0. The molecule has 1 aromatic heterocycles. The summed E-state index contributed by atoms with van der Waals surface area (Å²) in [6, 6.07) is 5.25. The largest absolute Gasteiger partial charge is 0.318 e. The monoisotopic (exact) mass is 317 g/mol. The Labute approximate surface area is 124 Å². The third-order valence-corrected chi connectivity index (χ3v) is 4.74. The van der Waals surface area contributed by atoms with Crippen LogP contribution in [0.5, 0.6) is 0 Å². The molecular weight excluding hydrogens is 305 g/mol. The Morgan fingerprint density at radius 3 is 2.37 bits per heavy atom. The maximum absolute atomic E-state index is 12.2. The Hall–Kier alpha value is -0.910. The van der Waals surface area contributed by atoms with Crippen LogP contribution >= 0.6 is 23.2 Å². The number of nitrogens with zero attached hydrogens (tertiary/aromatic N) is 3. The lowest BCUT2D eigenvalue weighted by Gasteiger charge is -2.07. The van der Waals surface area contributed by atoms with Gasteiger partial charge in [0.05, 0.1) is 11.5 Å². The first-order valence-corrected chi connectivity index (χ1v) is 7.86. The summed E-state index contributed by atoms with van der Waals surface area (Å²) in [5.74, 6) is 2.13. The molecule has 0 saturated carbocycles. The van der Waals surface area contributed by atoms with E-state index in [1.165, 1.54) is 0 Å². The number of halogens is 2. The summed E-state index contributed by atoms with van der Waals surface area (Å²) in [5.41, 5.74) is 0.711. The highest BCUT2D eigenvalue weighted by molar-refractivity contribution is 7.83. The highest BCUT2D eigenvalue weighted by Crippen LogP contribution is 2.26. The molecule has 0 spiro atoms. The van der Waals surface area contributed by atoms with Gasteiger partial charge in [0.15, 0.2) is 0 Å². The van der Waals surface area contributed by atoms with Crippen molar-refractivity contribution in [3.8, 4) is 0 Å². The van der Waals surface area contributed by atoms with Gasteiger partial charge in [-0.2, -0.15) is 0 Å². The average molecular weight is 318 g/mol.